The summed E-state index contributed by atoms with van der Waals surface area (Å²) in [4.78, 5) is 8.42. The van der Waals surface area contributed by atoms with Gasteiger partial charge in [0, 0.05) is 26.6 Å². The zero-order valence-corrected chi connectivity index (χ0v) is 15.4. The molecule has 7 nitrogen and oxygen atoms in total. The van der Waals surface area contributed by atoms with Crippen molar-refractivity contribution in [1.82, 2.24) is 20.8 Å². The van der Waals surface area contributed by atoms with Crippen LogP contribution in [0.15, 0.2) is 27.7 Å². The summed E-state index contributed by atoms with van der Waals surface area (Å²) in [7, 11) is 3.47. The third kappa shape index (κ3) is 6.10. The lowest BCUT2D eigenvalue weighted by molar-refractivity contribution is 0.372. The normalized spacial score (nSPS) is 11.4. The van der Waals surface area contributed by atoms with Crippen LogP contribution in [0.25, 0.3) is 0 Å². The average molecular weight is 345 g/mol. The molecule has 0 spiro atoms. The summed E-state index contributed by atoms with van der Waals surface area (Å²) in [5, 5.41) is 10.4. The second-order valence-electron chi connectivity index (χ2n) is 5.82. The highest BCUT2D eigenvalue weighted by Crippen LogP contribution is 2.18. The lowest BCUT2D eigenvalue weighted by Crippen LogP contribution is -2.38. The molecule has 0 radical (unpaired) electrons. The van der Waals surface area contributed by atoms with Crippen LogP contribution in [-0.2, 0) is 12.8 Å². The van der Waals surface area contributed by atoms with Crippen LogP contribution in [0.3, 0.4) is 0 Å². The number of ether oxygens (including phenoxy) is 1. The number of nitrogens with one attached hydrogen (secondary N) is 2. The van der Waals surface area contributed by atoms with Crippen LogP contribution in [0, 0.1) is 13.8 Å². The molecular weight excluding hydrogens is 318 g/mol. The van der Waals surface area contributed by atoms with Gasteiger partial charge in [-0.05, 0) is 43.9 Å². The average Bonchev–Trinajstić information content (AvgIpc) is 3.03. The van der Waals surface area contributed by atoms with E-state index in [-0.39, 0.29) is 0 Å². The maximum Gasteiger partial charge on any atom is 0.226 e. The summed E-state index contributed by atoms with van der Waals surface area (Å²) in [6.45, 7) is 5.46. The number of methoxy groups -OCH3 is 1. The van der Waals surface area contributed by atoms with Crippen LogP contribution in [0.2, 0.25) is 0 Å². The van der Waals surface area contributed by atoms with Gasteiger partial charge in [-0.1, -0.05) is 17.3 Å². The summed E-state index contributed by atoms with van der Waals surface area (Å²) >= 11 is 0. The van der Waals surface area contributed by atoms with Gasteiger partial charge in [-0.3, -0.25) is 4.99 Å². The van der Waals surface area contributed by atoms with E-state index in [0.717, 1.165) is 49.6 Å². The lowest BCUT2D eigenvalue weighted by atomic mass is 10.1. The summed E-state index contributed by atoms with van der Waals surface area (Å²) in [6, 6.07) is 6.29. The molecule has 2 rings (SSSR count). The molecule has 0 amide bonds. The minimum absolute atomic E-state index is 0.674. The Balaban J connectivity index is 1.68. The van der Waals surface area contributed by atoms with Gasteiger partial charge in [-0.2, -0.15) is 4.98 Å². The first-order chi connectivity index (χ1) is 12.1. The topological polar surface area (TPSA) is 84.6 Å². The van der Waals surface area contributed by atoms with E-state index in [1.54, 1.807) is 14.2 Å². The summed E-state index contributed by atoms with van der Waals surface area (Å²) in [6.07, 6.45) is 2.56. The Morgan fingerprint density at radius 3 is 2.68 bits per heavy atom. The molecule has 0 atom stereocenters. The molecule has 2 N–H and O–H groups in total. The number of benzene rings is 1. The van der Waals surface area contributed by atoms with Gasteiger partial charge in [0.05, 0.1) is 7.11 Å². The monoisotopic (exact) mass is 345 g/mol. The predicted octanol–water partition coefficient (Wildman–Crippen LogP) is 2.04. The Morgan fingerprint density at radius 2 is 2.00 bits per heavy atom. The van der Waals surface area contributed by atoms with Crippen molar-refractivity contribution in [2.75, 3.05) is 27.2 Å². The van der Waals surface area contributed by atoms with Crippen LogP contribution >= 0.6 is 0 Å². The van der Waals surface area contributed by atoms with Gasteiger partial charge in [0.25, 0.3) is 0 Å². The highest BCUT2D eigenvalue weighted by molar-refractivity contribution is 5.79. The molecule has 1 aromatic carbocycles. The molecule has 0 bridgehead atoms. The Morgan fingerprint density at radius 1 is 1.20 bits per heavy atom. The van der Waals surface area contributed by atoms with Crippen molar-refractivity contribution in [2.24, 2.45) is 4.99 Å². The van der Waals surface area contributed by atoms with Crippen LogP contribution in [-0.4, -0.2) is 43.3 Å². The minimum Gasteiger partial charge on any atom is -0.496 e. The largest absolute Gasteiger partial charge is 0.496 e. The highest BCUT2D eigenvalue weighted by Gasteiger charge is 2.04. The van der Waals surface area contributed by atoms with Crippen LogP contribution in [0.4, 0.5) is 0 Å². The molecule has 1 aromatic heterocycles. The molecule has 2 aromatic rings. The van der Waals surface area contributed by atoms with Gasteiger partial charge in [-0.25, -0.2) is 0 Å². The molecular formula is C18H27N5O2. The van der Waals surface area contributed by atoms with Gasteiger partial charge in [0.1, 0.15) is 5.75 Å². The Bertz CT molecular complexity index is 697. The van der Waals surface area contributed by atoms with Crippen molar-refractivity contribution in [3.8, 4) is 5.75 Å². The molecule has 1 heterocycles. The van der Waals surface area contributed by atoms with Crippen molar-refractivity contribution >= 4 is 5.96 Å². The Hall–Kier alpha value is -2.57. The maximum atomic E-state index is 5.36. The minimum atomic E-state index is 0.674. The molecule has 25 heavy (non-hydrogen) atoms. The second kappa shape index (κ2) is 9.66. The molecule has 0 aliphatic carbocycles. The number of guanidine groups is 1. The number of hydrogen-bond acceptors (Lipinski definition) is 5. The molecule has 7 heteroatoms. The van der Waals surface area contributed by atoms with E-state index in [0.29, 0.717) is 11.7 Å². The molecule has 0 aliphatic rings. The number of aryl methyl sites for hydroxylation is 3. The smallest absolute Gasteiger partial charge is 0.226 e. The molecule has 0 unspecified atom stereocenters. The second-order valence-corrected chi connectivity index (χ2v) is 5.82. The molecule has 0 saturated carbocycles. The Labute approximate surface area is 148 Å². The zero-order valence-electron chi connectivity index (χ0n) is 15.4. The number of aromatic nitrogens is 2. The fourth-order valence-electron chi connectivity index (χ4n) is 2.45. The van der Waals surface area contributed by atoms with E-state index in [1.165, 1.54) is 5.56 Å². The number of aliphatic imine (C=N–C) groups is 1. The third-order valence-electron chi connectivity index (χ3n) is 3.83. The number of nitrogens with zero attached hydrogens (tertiary/aromatic N) is 3. The number of hydrogen-bond donors (Lipinski definition) is 2. The van der Waals surface area contributed by atoms with Crippen molar-refractivity contribution in [1.29, 1.82) is 0 Å². The van der Waals surface area contributed by atoms with Crippen molar-refractivity contribution < 1.29 is 9.26 Å². The summed E-state index contributed by atoms with van der Waals surface area (Å²) in [5.74, 6) is 3.07. The Kier molecular flexibility index (Phi) is 7.25. The molecule has 0 aliphatic heterocycles. The van der Waals surface area contributed by atoms with Gasteiger partial charge in [0.15, 0.2) is 11.8 Å². The van der Waals surface area contributed by atoms with E-state index in [1.807, 2.05) is 13.8 Å². The molecule has 136 valence electrons. The van der Waals surface area contributed by atoms with Crippen molar-refractivity contribution in [3.05, 3.63) is 41.0 Å². The van der Waals surface area contributed by atoms with Gasteiger partial charge < -0.3 is 19.9 Å². The first-order valence-electron chi connectivity index (χ1n) is 8.49. The zero-order chi connectivity index (χ0) is 18.1. The highest BCUT2D eigenvalue weighted by atomic mass is 16.5. The first kappa shape index (κ1) is 18.8. The summed E-state index contributed by atoms with van der Waals surface area (Å²) < 4.78 is 10.5. The van der Waals surface area contributed by atoms with E-state index in [4.69, 9.17) is 9.26 Å². The quantitative estimate of drug-likeness (QED) is 0.433. The molecule has 0 fully saturated rings. The van der Waals surface area contributed by atoms with E-state index in [2.05, 4.69) is 44.0 Å². The fraction of sp³-hybridized carbons (Fsp3) is 0.500. The van der Waals surface area contributed by atoms with Gasteiger partial charge >= 0.3 is 0 Å². The standard InChI is InChI=1S/C18H27N5O2/c1-13-7-8-15(12-16(13)24-4)9-11-21-18(19-3)20-10-5-6-17-22-14(2)23-25-17/h7-8,12H,5-6,9-11H2,1-4H3,(H2,19,20,21). The summed E-state index contributed by atoms with van der Waals surface area (Å²) in [5.41, 5.74) is 2.38. The first-order valence-corrected chi connectivity index (χ1v) is 8.49. The SMILES string of the molecule is CN=C(NCCCc1nc(C)no1)NCCc1ccc(C)c(OC)c1. The van der Waals surface area contributed by atoms with Crippen LogP contribution < -0.4 is 15.4 Å². The van der Waals surface area contributed by atoms with E-state index >= 15 is 0 Å². The predicted molar refractivity (Wildman–Crippen MR) is 98.2 cm³/mol. The van der Waals surface area contributed by atoms with Crippen molar-refractivity contribution in [3.63, 3.8) is 0 Å². The maximum absolute atomic E-state index is 5.36. The van der Waals surface area contributed by atoms with Crippen LogP contribution in [0.5, 0.6) is 5.75 Å². The van der Waals surface area contributed by atoms with Crippen LogP contribution in [0.1, 0.15) is 29.3 Å². The fourth-order valence-corrected chi connectivity index (χ4v) is 2.45. The number of rotatable bonds is 8. The van der Waals surface area contributed by atoms with E-state index in [9.17, 15) is 0 Å². The van der Waals surface area contributed by atoms with E-state index < -0.39 is 0 Å². The lowest BCUT2D eigenvalue weighted by Gasteiger charge is -2.12. The third-order valence-corrected chi connectivity index (χ3v) is 3.83. The molecule has 0 saturated heterocycles. The van der Waals surface area contributed by atoms with Crippen molar-refractivity contribution in [2.45, 2.75) is 33.1 Å². The van der Waals surface area contributed by atoms with Gasteiger partial charge in [0.2, 0.25) is 5.89 Å². The van der Waals surface area contributed by atoms with Gasteiger partial charge in [-0.15, -0.1) is 0 Å².